The molecule has 1 heterocycles. The van der Waals surface area contributed by atoms with Crippen LogP contribution in [-0.2, 0) is 11.2 Å². The molecule has 1 unspecified atom stereocenters. The highest BCUT2D eigenvalue weighted by molar-refractivity contribution is 6.32. The highest BCUT2D eigenvalue weighted by atomic mass is 35.5. The van der Waals surface area contributed by atoms with Crippen molar-refractivity contribution >= 4 is 23.2 Å². The number of rotatable bonds is 4. The Morgan fingerprint density at radius 1 is 1.22 bits per heavy atom. The van der Waals surface area contributed by atoms with Crippen LogP contribution >= 0.6 is 11.6 Å². The lowest BCUT2D eigenvalue weighted by Gasteiger charge is -2.15. The van der Waals surface area contributed by atoms with E-state index in [0.29, 0.717) is 28.6 Å². The number of carbonyl (C=O) groups excluding carboxylic acids is 1. The van der Waals surface area contributed by atoms with Crippen LogP contribution in [0.5, 0.6) is 17.2 Å². The lowest BCUT2D eigenvalue weighted by atomic mass is 10.1. The number of amides is 1. The SMILES string of the molecule is COc1cc(NC(=O)C2Cc3ccccc3O2)c(OC)cc1Cl. The summed E-state index contributed by atoms with van der Waals surface area (Å²) in [6.45, 7) is 0. The van der Waals surface area contributed by atoms with Gasteiger partial charge in [-0.3, -0.25) is 4.79 Å². The molecular formula is C17H16ClNO4. The number of anilines is 1. The van der Waals surface area contributed by atoms with Gasteiger partial charge in [0.15, 0.2) is 6.10 Å². The number of hydrogen-bond acceptors (Lipinski definition) is 4. The van der Waals surface area contributed by atoms with Crippen molar-refractivity contribution in [2.24, 2.45) is 0 Å². The molecule has 1 amide bonds. The van der Waals surface area contributed by atoms with Gasteiger partial charge in [-0.25, -0.2) is 0 Å². The van der Waals surface area contributed by atoms with Crippen molar-refractivity contribution in [2.75, 3.05) is 19.5 Å². The third kappa shape index (κ3) is 3.05. The molecule has 23 heavy (non-hydrogen) atoms. The van der Waals surface area contributed by atoms with Gasteiger partial charge in [0.25, 0.3) is 5.91 Å². The second kappa shape index (κ2) is 6.38. The highest BCUT2D eigenvalue weighted by Gasteiger charge is 2.29. The fraction of sp³-hybridized carbons (Fsp3) is 0.235. The Morgan fingerprint density at radius 2 is 1.96 bits per heavy atom. The summed E-state index contributed by atoms with van der Waals surface area (Å²) in [7, 11) is 3.02. The number of ether oxygens (including phenoxy) is 3. The van der Waals surface area contributed by atoms with Crippen LogP contribution in [0.2, 0.25) is 5.02 Å². The van der Waals surface area contributed by atoms with Gasteiger partial charge in [0.1, 0.15) is 17.2 Å². The van der Waals surface area contributed by atoms with Gasteiger partial charge in [-0.1, -0.05) is 29.8 Å². The molecule has 0 saturated carbocycles. The van der Waals surface area contributed by atoms with Crippen LogP contribution in [0.4, 0.5) is 5.69 Å². The van der Waals surface area contributed by atoms with Crippen LogP contribution in [0.1, 0.15) is 5.56 Å². The number of methoxy groups -OCH3 is 2. The minimum absolute atomic E-state index is 0.246. The molecule has 3 rings (SSSR count). The normalized spacial score (nSPS) is 15.5. The van der Waals surface area contributed by atoms with Crippen LogP contribution < -0.4 is 19.5 Å². The van der Waals surface area contributed by atoms with E-state index in [9.17, 15) is 4.79 Å². The zero-order valence-corrected chi connectivity index (χ0v) is 13.5. The van der Waals surface area contributed by atoms with E-state index in [0.717, 1.165) is 11.3 Å². The van der Waals surface area contributed by atoms with Crippen LogP contribution in [0.3, 0.4) is 0 Å². The second-order valence-corrected chi connectivity index (χ2v) is 5.50. The minimum Gasteiger partial charge on any atom is -0.495 e. The number of halogens is 1. The quantitative estimate of drug-likeness (QED) is 0.932. The van der Waals surface area contributed by atoms with Crippen molar-refractivity contribution < 1.29 is 19.0 Å². The fourth-order valence-corrected chi connectivity index (χ4v) is 2.73. The minimum atomic E-state index is -0.571. The lowest BCUT2D eigenvalue weighted by molar-refractivity contribution is -0.122. The average Bonchev–Trinajstić information content (AvgIpc) is 3.00. The van der Waals surface area contributed by atoms with E-state index in [-0.39, 0.29) is 5.91 Å². The molecule has 1 N–H and O–H groups in total. The van der Waals surface area contributed by atoms with Crippen LogP contribution in [-0.4, -0.2) is 26.2 Å². The number of benzene rings is 2. The molecule has 0 fully saturated rings. The molecule has 1 aliphatic rings. The molecule has 5 nitrogen and oxygen atoms in total. The van der Waals surface area contributed by atoms with Gasteiger partial charge in [-0.2, -0.15) is 0 Å². The smallest absolute Gasteiger partial charge is 0.265 e. The molecule has 120 valence electrons. The van der Waals surface area contributed by atoms with Gasteiger partial charge in [0.2, 0.25) is 0 Å². The summed E-state index contributed by atoms with van der Waals surface area (Å²) < 4.78 is 16.1. The van der Waals surface area contributed by atoms with E-state index < -0.39 is 6.10 Å². The number of para-hydroxylation sites is 1. The molecule has 0 radical (unpaired) electrons. The Balaban J connectivity index is 1.79. The van der Waals surface area contributed by atoms with E-state index in [1.54, 1.807) is 12.1 Å². The van der Waals surface area contributed by atoms with Crippen molar-refractivity contribution in [3.63, 3.8) is 0 Å². The first-order valence-corrected chi connectivity index (χ1v) is 7.47. The van der Waals surface area contributed by atoms with Crippen molar-refractivity contribution in [3.05, 3.63) is 47.0 Å². The third-order valence-corrected chi connectivity index (χ3v) is 3.97. The summed E-state index contributed by atoms with van der Waals surface area (Å²) >= 11 is 6.06. The maximum Gasteiger partial charge on any atom is 0.265 e. The standard InChI is InChI=1S/C17H16ClNO4/c1-21-14-9-12(15(22-2)8-11(14)18)19-17(20)16-7-10-5-3-4-6-13(10)23-16/h3-6,8-9,16H,7H2,1-2H3,(H,19,20). The number of carbonyl (C=O) groups is 1. The summed E-state index contributed by atoms with van der Waals surface area (Å²) in [5.74, 6) is 1.41. The molecule has 0 spiro atoms. The Labute approximate surface area is 139 Å². The molecule has 0 aliphatic carbocycles. The number of nitrogens with one attached hydrogen (secondary N) is 1. The highest BCUT2D eigenvalue weighted by Crippen LogP contribution is 2.36. The Morgan fingerprint density at radius 3 is 2.65 bits per heavy atom. The molecular weight excluding hydrogens is 318 g/mol. The van der Waals surface area contributed by atoms with Crippen LogP contribution in [0.25, 0.3) is 0 Å². The van der Waals surface area contributed by atoms with Gasteiger partial charge in [0.05, 0.1) is 24.9 Å². The zero-order valence-electron chi connectivity index (χ0n) is 12.8. The lowest BCUT2D eigenvalue weighted by Crippen LogP contribution is -2.31. The molecule has 0 bridgehead atoms. The summed E-state index contributed by atoms with van der Waals surface area (Å²) in [5.41, 5.74) is 1.51. The maximum absolute atomic E-state index is 12.5. The summed E-state index contributed by atoms with van der Waals surface area (Å²) in [6.07, 6.45) is -0.0338. The first-order valence-electron chi connectivity index (χ1n) is 7.09. The van der Waals surface area contributed by atoms with Crippen molar-refractivity contribution in [3.8, 4) is 17.2 Å². The van der Waals surface area contributed by atoms with Gasteiger partial charge in [0, 0.05) is 18.6 Å². The molecule has 0 aromatic heterocycles. The average molecular weight is 334 g/mol. The fourth-order valence-electron chi connectivity index (χ4n) is 2.50. The Hall–Kier alpha value is -2.40. The molecule has 0 saturated heterocycles. The maximum atomic E-state index is 12.5. The van der Waals surface area contributed by atoms with Gasteiger partial charge in [-0.15, -0.1) is 0 Å². The first kappa shape index (κ1) is 15.5. The zero-order chi connectivity index (χ0) is 16.4. The van der Waals surface area contributed by atoms with Crippen LogP contribution in [0.15, 0.2) is 36.4 Å². The number of hydrogen-bond donors (Lipinski definition) is 1. The van der Waals surface area contributed by atoms with Gasteiger partial charge < -0.3 is 19.5 Å². The first-order chi connectivity index (χ1) is 11.1. The molecule has 1 atom stereocenters. The molecule has 2 aromatic carbocycles. The van der Waals surface area contributed by atoms with E-state index >= 15 is 0 Å². The molecule has 6 heteroatoms. The Kier molecular flexibility index (Phi) is 4.30. The van der Waals surface area contributed by atoms with Crippen molar-refractivity contribution in [2.45, 2.75) is 12.5 Å². The molecule has 2 aromatic rings. The predicted octanol–water partition coefficient (Wildman–Crippen LogP) is 3.30. The summed E-state index contributed by atoms with van der Waals surface area (Å²) in [5, 5.41) is 3.22. The van der Waals surface area contributed by atoms with E-state index in [4.69, 9.17) is 25.8 Å². The van der Waals surface area contributed by atoms with Gasteiger partial charge >= 0.3 is 0 Å². The topological polar surface area (TPSA) is 56.8 Å². The van der Waals surface area contributed by atoms with E-state index in [1.807, 2.05) is 24.3 Å². The Bertz CT molecular complexity index is 722. The number of fused-ring (bicyclic) bond motifs is 1. The largest absolute Gasteiger partial charge is 0.495 e. The van der Waals surface area contributed by atoms with Crippen molar-refractivity contribution in [1.29, 1.82) is 0 Å². The van der Waals surface area contributed by atoms with E-state index in [1.165, 1.54) is 14.2 Å². The summed E-state index contributed by atoms with van der Waals surface area (Å²) in [6, 6.07) is 10.8. The van der Waals surface area contributed by atoms with E-state index in [2.05, 4.69) is 5.32 Å². The summed E-state index contributed by atoms with van der Waals surface area (Å²) in [4.78, 5) is 12.5. The third-order valence-electron chi connectivity index (χ3n) is 3.67. The second-order valence-electron chi connectivity index (χ2n) is 5.09. The predicted molar refractivity (Wildman–Crippen MR) is 87.7 cm³/mol. The molecule has 1 aliphatic heterocycles. The van der Waals surface area contributed by atoms with Gasteiger partial charge in [-0.05, 0) is 11.6 Å². The van der Waals surface area contributed by atoms with Crippen molar-refractivity contribution in [1.82, 2.24) is 0 Å². The van der Waals surface area contributed by atoms with Crippen LogP contribution in [0, 0.1) is 0 Å². The monoisotopic (exact) mass is 333 g/mol.